The quantitative estimate of drug-likeness (QED) is 0.910. The number of imidazole rings is 1. The van der Waals surface area contributed by atoms with E-state index in [2.05, 4.69) is 16.5 Å². The maximum Gasteiger partial charge on any atom is 0.141 e. The lowest BCUT2D eigenvalue weighted by atomic mass is 9.65. The second kappa shape index (κ2) is 5.88. The van der Waals surface area contributed by atoms with Crippen LogP contribution in [0.5, 0.6) is 0 Å². The number of aryl methyl sites for hydroxylation is 1. The fraction of sp³-hybridized carbons (Fsp3) is 0.824. The zero-order chi connectivity index (χ0) is 14.0. The second-order valence-corrected chi connectivity index (χ2v) is 6.71. The largest absolute Gasteiger partial charge is 0.382 e. The van der Waals surface area contributed by atoms with Crippen molar-refractivity contribution in [3.8, 4) is 0 Å². The third-order valence-corrected chi connectivity index (χ3v) is 5.60. The van der Waals surface area contributed by atoms with Crippen LogP contribution in [0.1, 0.15) is 70.5 Å². The Balaban J connectivity index is 1.90. The highest BCUT2D eigenvalue weighted by atomic mass is 16.3. The summed E-state index contributed by atoms with van der Waals surface area (Å²) in [4.78, 5) is 4.54. The summed E-state index contributed by atoms with van der Waals surface area (Å²) in [5.74, 6) is 2.05. The summed E-state index contributed by atoms with van der Waals surface area (Å²) < 4.78 is 2.14. The van der Waals surface area contributed by atoms with E-state index in [4.69, 9.17) is 0 Å². The van der Waals surface area contributed by atoms with Crippen molar-refractivity contribution in [3.05, 3.63) is 18.2 Å². The van der Waals surface area contributed by atoms with Crippen LogP contribution in [0.3, 0.4) is 0 Å². The molecular weight excluding hydrogens is 248 g/mol. The van der Waals surface area contributed by atoms with E-state index < -0.39 is 5.60 Å². The predicted molar refractivity (Wildman–Crippen MR) is 80.3 cm³/mol. The van der Waals surface area contributed by atoms with Gasteiger partial charge in [0.2, 0.25) is 0 Å². The van der Waals surface area contributed by atoms with Crippen molar-refractivity contribution in [1.82, 2.24) is 9.55 Å². The van der Waals surface area contributed by atoms with Crippen LogP contribution < -0.4 is 0 Å². The van der Waals surface area contributed by atoms with Crippen molar-refractivity contribution >= 4 is 0 Å². The molecule has 2 aliphatic rings. The minimum atomic E-state index is -0.681. The van der Waals surface area contributed by atoms with Gasteiger partial charge in [-0.25, -0.2) is 4.98 Å². The maximum absolute atomic E-state index is 11.5. The summed E-state index contributed by atoms with van der Waals surface area (Å²) in [5.41, 5.74) is -0.681. The molecule has 20 heavy (non-hydrogen) atoms. The molecule has 2 saturated carbocycles. The number of rotatable bonds is 3. The summed E-state index contributed by atoms with van der Waals surface area (Å²) in [6.45, 7) is 3.03. The van der Waals surface area contributed by atoms with Gasteiger partial charge < -0.3 is 9.67 Å². The van der Waals surface area contributed by atoms with E-state index in [1.807, 2.05) is 12.4 Å². The van der Waals surface area contributed by atoms with E-state index in [9.17, 15) is 5.11 Å². The molecule has 3 heteroatoms. The molecule has 0 bridgehead atoms. The minimum Gasteiger partial charge on any atom is -0.382 e. The Kier molecular flexibility index (Phi) is 4.16. The van der Waals surface area contributed by atoms with Gasteiger partial charge in [-0.2, -0.15) is 0 Å². The molecule has 1 aromatic rings. The van der Waals surface area contributed by atoms with Crippen LogP contribution in [-0.2, 0) is 12.1 Å². The summed E-state index contributed by atoms with van der Waals surface area (Å²) >= 11 is 0. The molecule has 0 saturated heterocycles. The molecule has 0 aromatic carbocycles. The third-order valence-electron chi connectivity index (χ3n) is 5.60. The Hall–Kier alpha value is -0.830. The predicted octanol–water partition coefficient (Wildman–Crippen LogP) is 3.86. The maximum atomic E-state index is 11.5. The molecule has 2 fully saturated rings. The highest BCUT2D eigenvalue weighted by Gasteiger charge is 2.46. The Labute approximate surface area is 122 Å². The van der Waals surface area contributed by atoms with Gasteiger partial charge in [-0.05, 0) is 31.6 Å². The van der Waals surface area contributed by atoms with Gasteiger partial charge >= 0.3 is 0 Å². The SMILES string of the molecule is CCn1ccnc1C1(O)CCCCC1C1CCCCC1. The van der Waals surface area contributed by atoms with Crippen molar-refractivity contribution in [2.75, 3.05) is 0 Å². The topological polar surface area (TPSA) is 38.0 Å². The van der Waals surface area contributed by atoms with Gasteiger partial charge in [-0.15, -0.1) is 0 Å². The number of aromatic nitrogens is 2. The van der Waals surface area contributed by atoms with E-state index in [0.29, 0.717) is 11.8 Å². The Bertz CT molecular complexity index is 436. The van der Waals surface area contributed by atoms with Gasteiger partial charge in [0.05, 0.1) is 0 Å². The average Bonchev–Trinajstić information content (AvgIpc) is 2.98. The van der Waals surface area contributed by atoms with E-state index in [-0.39, 0.29) is 0 Å². The van der Waals surface area contributed by atoms with Gasteiger partial charge in [0.25, 0.3) is 0 Å². The van der Waals surface area contributed by atoms with E-state index in [1.54, 1.807) is 0 Å². The molecule has 0 spiro atoms. The monoisotopic (exact) mass is 276 g/mol. The van der Waals surface area contributed by atoms with Crippen molar-refractivity contribution in [1.29, 1.82) is 0 Å². The van der Waals surface area contributed by atoms with Crippen LogP contribution in [0.2, 0.25) is 0 Å². The van der Waals surface area contributed by atoms with Gasteiger partial charge in [-0.3, -0.25) is 0 Å². The first-order chi connectivity index (χ1) is 9.75. The van der Waals surface area contributed by atoms with Crippen molar-refractivity contribution in [3.63, 3.8) is 0 Å². The molecule has 112 valence electrons. The van der Waals surface area contributed by atoms with Crippen LogP contribution in [0.25, 0.3) is 0 Å². The zero-order valence-electron chi connectivity index (χ0n) is 12.7. The Morgan fingerprint density at radius 2 is 1.95 bits per heavy atom. The second-order valence-electron chi connectivity index (χ2n) is 6.71. The smallest absolute Gasteiger partial charge is 0.141 e. The summed E-state index contributed by atoms with van der Waals surface area (Å²) in [7, 11) is 0. The molecule has 1 aromatic heterocycles. The fourth-order valence-electron chi connectivity index (χ4n) is 4.57. The molecular formula is C17H28N2O. The molecule has 2 aliphatic carbocycles. The van der Waals surface area contributed by atoms with Crippen LogP contribution in [-0.4, -0.2) is 14.7 Å². The molecule has 1 heterocycles. The van der Waals surface area contributed by atoms with Gasteiger partial charge in [0, 0.05) is 18.9 Å². The van der Waals surface area contributed by atoms with Crippen LogP contribution in [0.15, 0.2) is 12.4 Å². The molecule has 0 aliphatic heterocycles. The molecule has 2 unspecified atom stereocenters. The van der Waals surface area contributed by atoms with Gasteiger partial charge in [0.15, 0.2) is 0 Å². The van der Waals surface area contributed by atoms with E-state index >= 15 is 0 Å². The van der Waals surface area contributed by atoms with Crippen LogP contribution >= 0.6 is 0 Å². The van der Waals surface area contributed by atoms with Crippen molar-refractivity contribution in [2.24, 2.45) is 11.8 Å². The minimum absolute atomic E-state index is 0.421. The summed E-state index contributed by atoms with van der Waals surface area (Å²) in [6.07, 6.45) is 15.0. The highest BCUT2D eigenvalue weighted by molar-refractivity contribution is 5.10. The molecule has 2 atom stereocenters. The lowest BCUT2D eigenvalue weighted by Gasteiger charge is -2.44. The molecule has 0 amide bonds. The normalized spacial score (nSPS) is 32.4. The fourth-order valence-corrected chi connectivity index (χ4v) is 4.57. The summed E-state index contributed by atoms with van der Waals surface area (Å²) in [5, 5.41) is 11.5. The van der Waals surface area contributed by atoms with Gasteiger partial charge in [0.1, 0.15) is 11.4 Å². The van der Waals surface area contributed by atoms with Crippen molar-refractivity contribution in [2.45, 2.75) is 76.9 Å². The molecule has 3 rings (SSSR count). The van der Waals surface area contributed by atoms with Gasteiger partial charge in [-0.1, -0.05) is 44.9 Å². The number of aliphatic hydroxyl groups is 1. The number of nitrogens with zero attached hydrogens (tertiary/aromatic N) is 2. The average molecular weight is 276 g/mol. The number of hydrogen-bond acceptors (Lipinski definition) is 2. The Morgan fingerprint density at radius 1 is 1.20 bits per heavy atom. The number of hydrogen-bond donors (Lipinski definition) is 1. The lowest BCUT2D eigenvalue weighted by molar-refractivity contribution is -0.0919. The first-order valence-electron chi connectivity index (χ1n) is 8.49. The lowest BCUT2D eigenvalue weighted by Crippen LogP contribution is -2.44. The van der Waals surface area contributed by atoms with Crippen LogP contribution in [0, 0.1) is 11.8 Å². The molecule has 0 radical (unpaired) electrons. The Morgan fingerprint density at radius 3 is 2.70 bits per heavy atom. The molecule has 1 N–H and O–H groups in total. The first kappa shape index (κ1) is 14.1. The third kappa shape index (κ3) is 2.41. The van der Waals surface area contributed by atoms with E-state index in [0.717, 1.165) is 25.2 Å². The van der Waals surface area contributed by atoms with Crippen molar-refractivity contribution < 1.29 is 5.11 Å². The highest BCUT2D eigenvalue weighted by Crippen LogP contribution is 2.48. The summed E-state index contributed by atoms with van der Waals surface area (Å²) in [6, 6.07) is 0. The zero-order valence-corrected chi connectivity index (χ0v) is 12.7. The first-order valence-corrected chi connectivity index (χ1v) is 8.49. The van der Waals surface area contributed by atoms with E-state index in [1.165, 1.54) is 44.9 Å². The van der Waals surface area contributed by atoms with Crippen LogP contribution in [0.4, 0.5) is 0 Å². The molecule has 3 nitrogen and oxygen atoms in total. The standard InChI is InChI=1S/C17H28N2O/c1-2-19-13-12-18-16(19)17(20)11-7-6-10-15(17)14-8-4-3-5-9-14/h12-15,20H,2-11H2,1H3.